The number of nitrogens with zero attached hydrogens (tertiary/aromatic N) is 4. The number of carboxylic acids is 1. The van der Waals surface area contributed by atoms with E-state index in [0.29, 0.717) is 37.2 Å². The van der Waals surface area contributed by atoms with Crippen LogP contribution < -0.4 is 21.9 Å². The average Bonchev–Trinajstić information content (AvgIpc) is 3.60. The summed E-state index contributed by atoms with van der Waals surface area (Å²) in [6.45, 7) is 1.81. The highest BCUT2D eigenvalue weighted by Gasteiger charge is 2.54. The molecule has 4 aliphatic heterocycles. The normalized spacial score (nSPS) is 26.0. The van der Waals surface area contributed by atoms with Crippen molar-refractivity contribution in [2.24, 2.45) is 5.16 Å². The van der Waals surface area contributed by atoms with Crippen molar-refractivity contribution in [2.45, 2.75) is 23.9 Å². The molecule has 1 aromatic rings. The minimum Gasteiger partial charge on any atom is -0.477 e. The summed E-state index contributed by atoms with van der Waals surface area (Å²) in [5.41, 5.74) is 11.8. The monoisotopic (exact) mass is 534 g/mol. The van der Waals surface area contributed by atoms with E-state index in [1.807, 2.05) is 0 Å². The Morgan fingerprint density at radius 1 is 1.31 bits per heavy atom. The molecular formula is C20H22N8O6S2. The fraction of sp³-hybridized carbons (Fsp3) is 0.400. The number of nitrogen functional groups attached to an aromatic ring is 1. The van der Waals surface area contributed by atoms with Crippen molar-refractivity contribution in [1.29, 1.82) is 0 Å². The van der Waals surface area contributed by atoms with Gasteiger partial charge in [0.25, 0.3) is 11.8 Å². The molecule has 0 saturated carbocycles. The minimum absolute atomic E-state index is 0.0239. The number of likely N-dealkylation sites (tertiary alicyclic amines) is 1. The fourth-order valence-electron chi connectivity index (χ4n) is 4.57. The van der Waals surface area contributed by atoms with E-state index in [2.05, 4.69) is 26.3 Å². The Labute approximate surface area is 212 Å². The molecule has 0 aliphatic carbocycles. The molecule has 3 amide bonds. The zero-order valence-corrected chi connectivity index (χ0v) is 20.3. The van der Waals surface area contributed by atoms with Crippen LogP contribution in [0.3, 0.4) is 0 Å². The number of β-lactam (4-membered cyclic amide) rings is 1. The quantitative estimate of drug-likeness (QED) is 0.0796. The molecule has 0 unspecified atom stereocenters. The van der Waals surface area contributed by atoms with Gasteiger partial charge in [0.15, 0.2) is 10.8 Å². The molecule has 16 heteroatoms. The number of amides is 3. The number of anilines is 1. The second-order valence-electron chi connectivity index (χ2n) is 8.39. The topological polar surface area (TPSA) is 203 Å². The molecule has 3 saturated heterocycles. The second kappa shape index (κ2) is 9.53. The highest BCUT2D eigenvalue weighted by atomic mass is 32.2. The Balaban J connectivity index is 1.33. The molecule has 36 heavy (non-hydrogen) atoms. The Morgan fingerprint density at radius 2 is 2.06 bits per heavy atom. The number of nitrogens with one attached hydrogen (secondary N) is 3. The maximum atomic E-state index is 12.9. The zero-order valence-electron chi connectivity index (χ0n) is 18.6. The third-order valence-corrected chi connectivity index (χ3v) is 8.29. The molecule has 5 rings (SSSR count). The van der Waals surface area contributed by atoms with Crippen LogP contribution in [0.2, 0.25) is 0 Å². The van der Waals surface area contributed by atoms with E-state index in [9.17, 15) is 29.5 Å². The van der Waals surface area contributed by atoms with Crippen molar-refractivity contribution in [1.82, 2.24) is 31.0 Å². The summed E-state index contributed by atoms with van der Waals surface area (Å²) < 4.78 is 0. The first-order chi connectivity index (χ1) is 17.3. The van der Waals surface area contributed by atoms with E-state index in [4.69, 9.17) is 5.73 Å². The first kappa shape index (κ1) is 24.2. The number of carbonyl (C=O) groups excluding carboxylic acids is 3. The number of nitrogens with two attached hydrogens (primary N) is 1. The number of rotatable bonds is 6. The number of fused-ring (bicyclic) bond motifs is 1. The lowest BCUT2D eigenvalue weighted by atomic mass is 10.0. The van der Waals surface area contributed by atoms with Crippen molar-refractivity contribution in [3.05, 3.63) is 34.0 Å². The number of carboxylic acid groups (broad SMARTS) is 1. The van der Waals surface area contributed by atoms with Crippen molar-refractivity contribution in [3.63, 3.8) is 0 Å². The Hall–Kier alpha value is -3.47. The molecule has 0 aromatic carbocycles. The molecule has 0 radical (unpaired) electrons. The van der Waals surface area contributed by atoms with E-state index in [1.54, 1.807) is 11.0 Å². The van der Waals surface area contributed by atoms with Crippen LogP contribution in [0.4, 0.5) is 5.13 Å². The molecule has 7 N–H and O–H groups in total. The van der Waals surface area contributed by atoms with E-state index >= 15 is 0 Å². The lowest BCUT2D eigenvalue weighted by Gasteiger charge is -2.49. The molecule has 3 fully saturated rings. The highest BCUT2D eigenvalue weighted by molar-refractivity contribution is 8.00. The van der Waals surface area contributed by atoms with Gasteiger partial charge >= 0.3 is 5.97 Å². The summed E-state index contributed by atoms with van der Waals surface area (Å²) in [4.78, 5) is 57.4. The largest absolute Gasteiger partial charge is 0.477 e. The van der Waals surface area contributed by atoms with Gasteiger partial charge in [-0.05, 0) is 18.1 Å². The van der Waals surface area contributed by atoms with Crippen molar-refractivity contribution in [3.8, 4) is 0 Å². The number of thiazole rings is 1. The van der Waals surface area contributed by atoms with Gasteiger partial charge in [0.05, 0.1) is 6.04 Å². The maximum Gasteiger partial charge on any atom is 0.352 e. The first-order valence-corrected chi connectivity index (χ1v) is 12.9. The molecule has 0 bridgehead atoms. The van der Waals surface area contributed by atoms with Gasteiger partial charge in [-0.15, -0.1) is 23.1 Å². The van der Waals surface area contributed by atoms with E-state index in [0.717, 1.165) is 16.2 Å². The SMILES string of the molecule is Nc1nc(/C(=N/O)C(=O)N[C@@H]2C(=O)N3C(C(=O)O)=C(/C=C4\CCN(C5CNNC5)C4=O)CS[C@H]23)cs1. The zero-order chi connectivity index (χ0) is 25.6. The molecule has 14 nitrogen and oxygen atoms in total. The third kappa shape index (κ3) is 4.11. The van der Waals surface area contributed by atoms with E-state index in [-0.39, 0.29) is 34.2 Å². The van der Waals surface area contributed by atoms with Gasteiger partial charge in [-0.3, -0.25) is 30.1 Å². The van der Waals surface area contributed by atoms with Gasteiger partial charge < -0.3 is 26.3 Å². The summed E-state index contributed by atoms with van der Waals surface area (Å²) in [7, 11) is 0. The molecule has 4 aliphatic rings. The van der Waals surface area contributed by atoms with Crippen LogP contribution in [0, 0.1) is 0 Å². The summed E-state index contributed by atoms with van der Waals surface area (Å²) >= 11 is 2.32. The number of carbonyl (C=O) groups is 4. The Kier molecular flexibility index (Phi) is 6.42. The van der Waals surface area contributed by atoms with Crippen LogP contribution in [0.1, 0.15) is 12.1 Å². The number of hydrogen-bond acceptors (Lipinski definition) is 12. The van der Waals surface area contributed by atoms with Crippen LogP contribution in [-0.2, 0) is 19.2 Å². The van der Waals surface area contributed by atoms with Crippen LogP contribution in [0.25, 0.3) is 0 Å². The van der Waals surface area contributed by atoms with Crippen molar-refractivity contribution >= 4 is 57.6 Å². The summed E-state index contributed by atoms with van der Waals surface area (Å²) in [6.07, 6.45) is 2.06. The molecular weight excluding hydrogens is 512 g/mol. The van der Waals surface area contributed by atoms with Crippen LogP contribution in [0.5, 0.6) is 0 Å². The maximum absolute atomic E-state index is 12.9. The van der Waals surface area contributed by atoms with Gasteiger partial charge in [0.2, 0.25) is 5.91 Å². The lowest BCUT2D eigenvalue weighted by molar-refractivity contribution is -0.150. The number of aliphatic carboxylic acids is 1. The van der Waals surface area contributed by atoms with Crippen molar-refractivity contribution in [2.75, 3.05) is 31.1 Å². The smallest absolute Gasteiger partial charge is 0.352 e. The van der Waals surface area contributed by atoms with Gasteiger partial charge in [-0.2, -0.15) is 0 Å². The number of hydrazine groups is 1. The molecule has 0 spiro atoms. The van der Waals surface area contributed by atoms with Gasteiger partial charge in [0, 0.05) is 36.3 Å². The molecule has 5 heterocycles. The second-order valence-corrected chi connectivity index (χ2v) is 10.4. The van der Waals surface area contributed by atoms with Gasteiger partial charge in [-0.1, -0.05) is 5.16 Å². The summed E-state index contributed by atoms with van der Waals surface area (Å²) in [5, 5.41) is 25.6. The minimum atomic E-state index is -1.30. The van der Waals surface area contributed by atoms with E-state index in [1.165, 1.54) is 17.1 Å². The lowest BCUT2D eigenvalue weighted by Crippen LogP contribution is -2.71. The Bertz CT molecular complexity index is 1240. The summed E-state index contributed by atoms with van der Waals surface area (Å²) in [6, 6.07) is -0.999. The Morgan fingerprint density at radius 3 is 2.69 bits per heavy atom. The van der Waals surface area contributed by atoms with Crippen LogP contribution >= 0.6 is 23.1 Å². The predicted octanol–water partition coefficient (Wildman–Crippen LogP) is -1.72. The number of aromatic nitrogens is 1. The fourth-order valence-corrected chi connectivity index (χ4v) is 6.43. The van der Waals surface area contributed by atoms with Crippen LogP contribution in [0.15, 0.2) is 33.5 Å². The standard InChI is InChI=1S/C20H22N8O6S2/c21-20-24-11(7-36-20)12(26-34)15(29)25-13-17(31)28-14(19(32)33)9(6-35-18(13)28)3-8-1-2-27(16(8)30)10-4-22-23-5-10/h3,7,10,13,18,22-23,34H,1-2,4-6H2,(H2,21,24)(H,25,29)(H,32,33)/b8-3+,26-12-/t13-,18-/m1/s1. The third-order valence-electron chi connectivity index (χ3n) is 6.31. The van der Waals surface area contributed by atoms with Gasteiger partial charge in [0.1, 0.15) is 22.8 Å². The highest BCUT2D eigenvalue weighted by Crippen LogP contribution is 2.41. The number of oxime groups is 1. The van der Waals surface area contributed by atoms with E-state index < -0.39 is 34.9 Å². The van der Waals surface area contributed by atoms with Gasteiger partial charge in [-0.25, -0.2) is 9.78 Å². The molecule has 1 aromatic heterocycles. The predicted molar refractivity (Wildman–Crippen MR) is 129 cm³/mol. The molecule has 2 atom stereocenters. The number of thioether (sulfide) groups is 1. The first-order valence-electron chi connectivity index (χ1n) is 10.9. The van der Waals surface area contributed by atoms with Crippen molar-refractivity contribution < 1.29 is 29.5 Å². The molecule has 190 valence electrons. The summed E-state index contributed by atoms with van der Waals surface area (Å²) in [5.74, 6) is -2.68. The number of hydrogen-bond donors (Lipinski definition) is 6. The average molecular weight is 535 g/mol. The number of allylic oxidation sites excluding steroid dienone is 1. The van der Waals surface area contributed by atoms with Crippen LogP contribution in [-0.4, -0.2) is 97.3 Å².